The van der Waals surface area contributed by atoms with Crippen molar-refractivity contribution in [3.05, 3.63) is 23.8 Å². The molecule has 1 aromatic rings. The lowest BCUT2D eigenvalue weighted by Gasteiger charge is -2.32. The lowest BCUT2D eigenvalue weighted by atomic mass is 9.75. The number of carboxylic acid groups (broad SMARTS) is 1. The van der Waals surface area contributed by atoms with E-state index in [0.29, 0.717) is 5.46 Å². The van der Waals surface area contributed by atoms with Gasteiger partial charge in [0.05, 0.1) is 16.8 Å². The van der Waals surface area contributed by atoms with Crippen LogP contribution in [0.4, 0.5) is 5.69 Å². The first-order valence-electron chi connectivity index (χ1n) is 6.95. The molecule has 1 heterocycles. The molecule has 0 aliphatic carbocycles. The Morgan fingerprint density at radius 2 is 1.67 bits per heavy atom. The highest BCUT2D eigenvalue weighted by Gasteiger charge is 2.52. The highest BCUT2D eigenvalue weighted by Crippen LogP contribution is 2.36. The average Bonchev–Trinajstić information content (AvgIpc) is 2.57. The minimum Gasteiger partial charge on any atom is -0.478 e. The molecule has 0 spiro atoms. The Bertz CT molecular complexity index is 553. The highest BCUT2D eigenvalue weighted by molar-refractivity contribution is 6.63. The van der Waals surface area contributed by atoms with E-state index >= 15 is 0 Å². The van der Waals surface area contributed by atoms with E-state index in [0.717, 1.165) is 5.69 Å². The molecule has 1 fully saturated rings. The Hall–Kier alpha value is -1.53. The fourth-order valence-electron chi connectivity index (χ4n) is 2.18. The Kier molecular flexibility index (Phi) is 3.80. The summed E-state index contributed by atoms with van der Waals surface area (Å²) in [6.07, 6.45) is 0. The van der Waals surface area contributed by atoms with E-state index < -0.39 is 24.3 Å². The summed E-state index contributed by atoms with van der Waals surface area (Å²) in [4.78, 5) is 13.4. The van der Waals surface area contributed by atoms with E-state index in [1.54, 1.807) is 12.1 Å². The van der Waals surface area contributed by atoms with Gasteiger partial charge in [-0.15, -0.1) is 0 Å². The van der Waals surface area contributed by atoms with Gasteiger partial charge in [-0.1, -0.05) is 6.07 Å². The van der Waals surface area contributed by atoms with Crippen molar-refractivity contribution in [3.8, 4) is 0 Å². The van der Waals surface area contributed by atoms with Gasteiger partial charge in [0.1, 0.15) is 0 Å². The lowest BCUT2D eigenvalue weighted by Crippen LogP contribution is -2.41. The van der Waals surface area contributed by atoms with Crippen molar-refractivity contribution < 1.29 is 19.2 Å². The van der Waals surface area contributed by atoms with Gasteiger partial charge < -0.3 is 19.3 Å². The summed E-state index contributed by atoms with van der Waals surface area (Å²) in [5, 5.41) is 9.46. The number of carboxylic acids is 1. The number of hydrogen-bond donors (Lipinski definition) is 1. The van der Waals surface area contributed by atoms with Crippen LogP contribution in [0.1, 0.15) is 38.1 Å². The van der Waals surface area contributed by atoms with E-state index in [1.807, 2.05) is 52.8 Å². The number of rotatable bonds is 3. The standard InChI is InChI=1S/C15H22BNO4/c1-14(2)15(3,4)21-16(20-14)12-8-7-10(17(5)6)9-11(12)13(18)19/h7-9H,1-6H3,(H,18,19). The second kappa shape index (κ2) is 5.03. The van der Waals surface area contributed by atoms with Crippen molar-refractivity contribution in [1.82, 2.24) is 0 Å². The molecule has 114 valence electrons. The van der Waals surface area contributed by atoms with Crippen LogP contribution >= 0.6 is 0 Å². The van der Waals surface area contributed by atoms with Crippen LogP contribution in [-0.2, 0) is 9.31 Å². The Balaban J connectivity index is 2.44. The molecule has 5 nitrogen and oxygen atoms in total. The fourth-order valence-corrected chi connectivity index (χ4v) is 2.18. The van der Waals surface area contributed by atoms with Crippen LogP contribution in [0, 0.1) is 0 Å². The van der Waals surface area contributed by atoms with E-state index in [9.17, 15) is 9.90 Å². The maximum Gasteiger partial charge on any atom is 0.495 e. The molecule has 1 N–H and O–H groups in total. The number of aromatic carboxylic acids is 1. The molecule has 1 aromatic carbocycles. The van der Waals surface area contributed by atoms with E-state index in [1.165, 1.54) is 0 Å². The smallest absolute Gasteiger partial charge is 0.478 e. The summed E-state index contributed by atoms with van der Waals surface area (Å²) in [5.74, 6) is -0.983. The third-order valence-electron chi connectivity index (χ3n) is 4.29. The molecule has 6 heteroatoms. The molecule has 2 rings (SSSR count). The first-order valence-corrected chi connectivity index (χ1v) is 6.95. The number of hydrogen-bond acceptors (Lipinski definition) is 4. The van der Waals surface area contributed by atoms with Crippen LogP contribution in [0.3, 0.4) is 0 Å². The number of nitrogens with zero attached hydrogens (tertiary/aromatic N) is 1. The highest BCUT2D eigenvalue weighted by atomic mass is 16.7. The van der Waals surface area contributed by atoms with Gasteiger partial charge in [0.2, 0.25) is 0 Å². The zero-order valence-electron chi connectivity index (χ0n) is 13.4. The molecule has 0 atom stereocenters. The molecule has 1 aliphatic rings. The molecule has 0 unspecified atom stereocenters. The molecule has 0 aromatic heterocycles. The zero-order chi connectivity index (χ0) is 16.0. The maximum atomic E-state index is 11.5. The van der Waals surface area contributed by atoms with Crippen LogP contribution in [0.15, 0.2) is 18.2 Å². The Morgan fingerprint density at radius 3 is 2.10 bits per heavy atom. The number of benzene rings is 1. The molecular formula is C15H22BNO4. The van der Waals surface area contributed by atoms with Crippen LogP contribution in [0.25, 0.3) is 0 Å². The first-order chi connectivity index (χ1) is 9.55. The lowest BCUT2D eigenvalue weighted by molar-refractivity contribution is 0.00578. The SMILES string of the molecule is CN(C)c1ccc(B2OC(C)(C)C(C)(C)O2)c(C(=O)O)c1. The van der Waals surface area contributed by atoms with Crippen molar-refractivity contribution >= 4 is 24.2 Å². The molecule has 1 aliphatic heterocycles. The molecule has 0 saturated carbocycles. The van der Waals surface area contributed by atoms with Crippen LogP contribution < -0.4 is 10.4 Å². The normalized spacial score (nSPS) is 19.6. The van der Waals surface area contributed by atoms with E-state index in [4.69, 9.17) is 9.31 Å². The molecule has 0 bridgehead atoms. The number of carbonyl (C=O) groups is 1. The molecule has 1 saturated heterocycles. The van der Waals surface area contributed by atoms with Crippen LogP contribution in [0.2, 0.25) is 0 Å². The van der Waals surface area contributed by atoms with Gasteiger partial charge in [-0.25, -0.2) is 4.79 Å². The second-order valence-electron chi connectivity index (χ2n) is 6.56. The van der Waals surface area contributed by atoms with Crippen molar-refractivity contribution in [2.24, 2.45) is 0 Å². The summed E-state index contributed by atoms with van der Waals surface area (Å²) in [7, 11) is 3.07. The van der Waals surface area contributed by atoms with Gasteiger partial charge in [0.25, 0.3) is 0 Å². The van der Waals surface area contributed by atoms with Crippen LogP contribution in [0.5, 0.6) is 0 Å². The van der Waals surface area contributed by atoms with E-state index in [-0.39, 0.29) is 5.56 Å². The predicted molar refractivity (Wildman–Crippen MR) is 83.4 cm³/mol. The van der Waals surface area contributed by atoms with Gasteiger partial charge in [-0.05, 0) is 45.3 Å². The quantitative estimate of drug-likeness (QED) is 0.860. The average molecular weight is 291 g/mol. The van der Waals surface area contributed by atoms with Crippen molar-refractivity contribution in [2.45, 2.75) is 38.9 Å². The zero-order valence-corrected chi connectivity index (χ0v) is 13.4. The summed E-state index contributed by atoms with van der Waals surface area (Å²) in [6, 6.07) is 5.27. The van der Waals surface area contributed by atoms with Crippen LogP contribution in [-0.4, -0.2) is 43.5 Å². The molecular weight excluding hydrogens is 269 g/mol. The van der Waals surface area contributed by atoms with Crippen molar-refractivity contribution in [3.63, 3.8) is 0 Å². The predicted octanol–water partition coefficient (Wildman–Crippen LogP) is 1.75. The second-order valence-corrected chi connectivity index (χ2v) is 6.56. The third-order valence-corrected chi connectivity index (χ3v) is 4.29. The van der Waals surface area contributed by atoms with Crippen molar-refractivity contribution in [2.75, 3.05) is 19.0 Å². The van der Waals surface area contributed by atoms with Gasteiger partial charge in [-0.2, -0.15) is 0 Å². The molecule has 0 amide bonds. The van der Waals surface area contributed by atoms with Crippen molar-refractivity contribution in [1.29, 1.82) is 0 Å². The van der Waals surface area contributed by atoms with Gasteiger partial charge >= 0.3 is 13.1 Å². The summed E-state index contributed by atoms with van der Waals surface area (Å²) in [5.41, 5.74) is 0.598. The monoisotopic (exact) mass is 291 g/mol. The molecule has 21 heavy (non-hydrogen) atoms. The topological polar surface area (TPSA) is 59.0 Å². The van der Waals surface area contributed by atoms with E-state index in [2.05, 4.69) is 0 Å². The maximum absolute atomic E-state index is 11.5. The number of anilines is 1. The first kappa shape index (κ1) is 15.9. The summed E-state index contributed by atoms with van der Waals surface area (Å²) >= 11 is 0. The minimum atomic E-state index is -0.983. The van der Waals surface area contributed by atoms with Gasteiger partial charge in [0, 0.05) is 19.8 Å². The summed E-state index contributed by atoms with van der Waals surface area (Å²) in [6.45, 7) is 7.78. The third kappa shape index (κ3) is 2.78. The Labute approximate surface area is 126 Å². The summed E-state index contributed by atoms with van der Waals surface area (Å²) < 4.78 is 11.9. The minimum absolute atomic E-state index is 0.208. The van der Waals surface area contributed by atoms with Gasteiger partial charge in [-0.3, -0.25) is 0 Å². The molecule has 0 radical (unpaired) electrons. The van der Waals surface area contributed by atoms with Gasteiger partial charge in [0.15, 0.2) is 0 Å². The largest absolute Gasteiger partial charge is 0.495 e. The fraction of sp³-hybridized carbons (Fsp3) is 0.533. The Morgan fingerprint density at radius 1 is 1.14 bits per heavy atom.